The van der Waals surface area contributed by atoms with Crippen molar-refractivity contribution in [3.63, 3.8) is 0 Å². The third kappa shape index (κ3) is 5.24. The Bertz CT molecular complexity index is 415. The molecule has 0 aliphatic heterocycles. The summed E-state index contributed by atoms with van der Waals surface area (Å²) in [6, 6.07) is 7.86. The van der Waals surface area contributed by atoms with Crippen molar-refractivity contribution in [3.05, 3.63) is 29.8 Å². The minimum Gasteiger partial charge on any atom is -0.479 e. The number of benzene rings is 1. The molecule has 0 heterocycles. The van der Waals surface area contributed by atoms with E-state index in [0.29, 0.717) is 12.4 Å². The number of ether oxygens (including phenoxy) is 2. The standard InChI is InChI=1S/C17H26O3/c1-6-7-12-19-16(18)13(2)20-15-10-8-14(9-11-15)17(3,4)5/h8-11,13H,6-7,12H2,1-5H3. The molecule has 1 unspecified atom stereocenters. The average Bonchev–Trinajstić information content (AvgIpc) is 2.38. The summed E-state index contributed by atoms with van der Waals surface area (Å²) >= 11 is 0. The number of unbranched alkanes of at least 4 members (excludes halogenated alkanes) is 1. The van der Waals surface area contributed by atoms with Crippen molar-refractivity contribution in [3.8, 4) is 5.75 Å². The maximum atomic E-state index is 11.7. The van der Waals surface area contributed by atoms with Crippen LogP contribution < -0.4 is 4.74 Å². The third-order valence-electron chi connectivity index (χ3n) is 3.11. The molecule has 0 fully saturated rings. The molecule has 0 aromatic heterocycles. The molecule has 0 spiro atoms. The number of carbonyl (C=O) groups is 1. The Morgan fingerprint density at radius 2 is 1.80 bits per heavy atom. The van der Waals surface area contributed by atoms with Crippen molar-refractivity contribution < 1.29 is 14.3 Å². The Hall–Kier alpha value is -1.51. The summed E-state index contributed by atoms with van der Waals surface area (Å²) in [6.07, 6.45) is 1.32. The SMILES string of the molecule is CCCCOC(=O)C(C)Oc1ccc(C(C)(C)C)cc1. The summed E-state index contributed by atoms with van der Waals surface area (Å²) in [6.45, 7) is 10.7. The first-order chi connectivity index (χ1) is 9.34. The minimum atomic E-state index is -0.577. The summed E-state index contributed by atoms with van der Waals surface area (Å²) < 4.78 is 10.7. The molecule has 1 rings (SSSR count). The van der Waals surface area contributed by atoms with Crippen molar-refractivity contribution in [2.45, 2.75) is 59.0 Å². The maximum absolute atomic E-state index is 11.7. The van der Waals surface area contributed by atoms with Gasteiger partial charge in [0.1, 0.15) is 5.75 Å². The van der Waals surface area contributed by atoms with E-state index in [-0.39, 0.29) is 11.4 Å². The van der Waals surface area contributed by atoms with E-state index in [4.69, 9.17) is 9.47 Å². The Balaban J connectivity index is 2.53. The molecule has 0 aliphatic carbocycles. The molecule has 3 nitrogen and oxygen atoms in total. The summed E-state index contributed by atoms with van der Waals surface area (Å²) in [5.74, 6) is 0.385. The minimum absolute atomic E-state index is 0.114. The molecular weight excluding hydrogens is 252 g/mol. The quantitative estimate of drug-likeness (QED) is 0.580. The molecule has 0 N–H and O–H groups in total. The molecule has 20 heavy (non-hydrogen) atoms. The van der Waals surface area contributed by atoms with E-state index < -0.39 is 6.10 Å². The van der Waals surface area contributed by atoms with Gasteiger partial charge in [0.15, 0.2) is 6.10 Å². The Morgan fingerprint density at radius 3 is 2.30 bits per heavy atom. The maximum Gasteiger partial charge on any atom is 0.347 e. The van der Waals surface area contributed by atoms with Gasteiger partial charge in [0.2, 0.25) is 0 Å². The molecule has 112 valence electrons. The van der Waals surface area contributed by atoms with Gasteiger partial charge >= 0.3 is 5.97 Å². The van der Waals surface area contributed by atoms with Crippen LogP contribution in [0.2, 0.25) is 0 Å². The molecule has 1 atom stereocenters. The Labute approximate surface area is 122 Å². The van der Waals surface area contributed by atoms with Gasteiger partial charge in [-0.25, -0.2) is 4.79 Å². The van der Waals surface area contributed by atoms with E-state index in [1.54, 1.807) is 6.92 Å². The van der Waals surface area contributed by atoms with Crippen LogP contribution >= 0.6 is 0 Å². The number of esters is 1. The zero-order valence-corrected chi connectivity index (χ0v) is 13.2. The van der Waals surface area contributed by atoms with Gasteiger partial charge in [0.05, 0.1) is 6.61 Å². The number of hydrogen-bond donors (Lipinski definition) is 0. The number of hydrogen-bond acceptors (Lipinski definition) is 3. The highest BCUT2D eigenvalue weighted by molar-refractivity contribution is 5.74. The molecule has 3 heteroatoms. The zero-order chi connectivity index (χ0) is 15.2. The van der Waals surface area contributed by atoms with Crippen LogP contribution in [0.3, 0.4) is 0 Å². The first kappa shape index (κ1) is 16.5. The highest BCUT2D eigenvalue weighted by Gasteiger charge is 2.17. The van der Waals surface area contributed by atoms with Crippen LogP contribution in [0.1, 0.15) is 53.0 Å². The molecule has 0 radical (unpaired) electrons. The van der Waals surface area contributed by atoms with E-state index in [1.807, 2.05) is 24.3 Å². The van der Waals surface area contributed by atoms with Crippen LogP contribution in [-0.2, 0) is 14.9 Å². The summed E-state index contributed by atoms with van der Waals surface area (Å²) in [5, 5.41) is 0. The molecule has 0 bridgehead atoms. The van der Waals surface area contributed by atoms with E-state index in [1.165, 1.54) is 5.56 Å². The fourth-order valence-electron chi connectivity index (χ4n) is 1.72. The molecule has 0 saturated heterocycles. The lowest BCUT2D eigenvalue weighted by atomic mass is 9.87. The first-order valence-electron chi connectivity index (χ1n) is 7.28. The average molecular weight is 278 g/mol. The van der Waals surface area contributed by atoms with E-state index in [0.717, 1.165) is 12.8 Å². The molecule has 1 aromatic carbocycles. The van der Waals surface area contributed by atoms with Crippen LogP contribution in [0.25, 0.3) is 0 Å². The second kappa shape index (κ2) is 7.32. The second-order valence-corrected chi connectivity index (χ2v) is 6.06. The van der Waals surface area contributed by atoms with Gasteiger partial charge in [-0.15, -0.1) is 0 Å². The predicted molar refractivity (Wildman–Crippen MR) is 81.1 cm³/mol. The van der Waals surface area contributed by atoms with Gasteiger partial charge in [-0.05, 0) is 36.5 Å². The van der Waals surface area contributed by atoms with Crippen LogP contribution in [0.5, 0.6) is 5.75 Å². The van der Waals surface area contributed by atoms with Crippen LogP contribution in [0.15, 0.2) is 24.3 Å². The molecule has 0 amide bonds. The van der Waals surface area contributed by atoms with E-state index >= 15 is 0 Å². The van der Waals surface area contributed by atoms with E-state index in [9.17, 15) is 4.79 Å². The number of rotatable bonds is 6. The molecule has 1 aromatic rings. The Morgan fingerprint density at radius 1 is 1.20 bits per heavy atom. The van der Waals surface area contributed by atoms with Gasteiger partial charge in [0, 0.05) is 0 Å². The van der Waals surface area contributed by atoms with Crippen molar-refractivity contribution >= 4 is 5.97 Å². The fraction of sp³-hybridized carbons (Fsp3) is 0.588. The summed E-state index contributed by atoms with van der Waals surface area (Å²) in [4.78, 5) is 11.7. The summed E-state index contributed by atoms with van der Waals surface area (Å²) in [7, 11) is 0. The van der Waals surface area contributed by atoms with Gasteiger partial charge in [-0.1, -0.05) is 46.2 Å². The van der Waals surface area contributed by atoms with Crippen molar-refractivity contribution in [1.29, 1.82) is 0 Å². The monoisotopic (exact) mass is 278 g/mol. The van der Waals surface area contributed by atoms with Crippen molar-refractivity contribution in [1.82, 2.24) is 0 Å². The fourth-order valence-corrected chi connectivity index (χ4v) is 1.72. The lowest BCUT2D eigenvalue weighted by Gasteiger charge is -2.20. The molecular formula is C17H26O3. The molecule has 0 aliphatic rings. The first-order valence-corrected chi connectivity index (χ1v) is 7.28. The van der Waals surface area contributed by atoms with Crippen molar-refractivity contribution in [2.24, 2.45) is 0 Å². The smallest absolute Gasteiger partial charge is 0.347 e. The lowest BCUT2D eigenvalue weighted by Crippen LogP contribution is -2.26. The largest absolute Gasteiger partial charge is 0.479 e. The van der Waals surface area contributed by atoms with Gasteiger partial charge in [0.25, 0.3) is 0 Å². The van der Waals surface area contributed by atoms with Crippen LogP contribution in [0.4, 0.5) is 0 Å². The van der Waals surface area contributed by atoms with E-state index in [2.05, 4.69) is 27.7 Å². The van der Waals surface area contributed by atoms with Gasteiger partial charge in [-0.2, -0.15) is 0 Å². The zero-order valence-electron chi connectivity index (χ0n) is 13.2. The van der Waals surface area contributed by atoms with Crippen molar-refractivity contribution in [2.75, 3.05) is 6.61 Å². The Kier molecular flexibility index (Phi) is 6.05. The number of carbonyl (C=O) groups excluding carboxylic acids is 1. The van der Waals surface area contributed by atoms with Crippen LogP contribution in [0, 0.1) is 0 Å². The predicted octanol–water partition coefficient (Wildman–Crippen LogP) is 4.09. The van der Waals surface area contributed by atoms with Gasteiger partial charge in [-0.3, -0.25) is 0 Å². The van der Waals surface area contributed by atoms with Gasteiger partial charge < -0.3 is 9.47 Å². The third-order valence-corrected chi connectivity index (χ3v) is 3.11. The topological polar surface area (TPSA) is 35.5 Å². The molecule has 0 saturated carbocycles. The van der Waals surface area contributed by atoms with Crippen LogP contribution in [-0.4, -0.2) is 18.7 Å². The summed E-state index contributed by atoms with van der Waals surface area (Å²) in [5.41, 5.74) is 1.35. The second-order valence-electron chi connectivity index (χ2n) is 6.06. The highest BCUT2D eigenvalue weighted by atomic mass is 16.6. The normalized spacial score (nSPS) is 12.8. The highest BCUT2D eigenvalue weighted by Crippen LogP contribution is 2.24. The lowest BCUT2D eigenvalue weighted by molar-refractivity contribution is -0.151.